The minimum Gasteiger partial charge on any atom is -0.388 e. The molecule has 0 aliphatic heterocycles. The minimum atomic E-state index is -0.725. The molecule has 2 aromatic rings. The maximum Gasteiger partial charge on any atom is 0.244 e. The van der Waals surface area contributed by atoms with Crippen LogP contribution in [-0.4, -0.2) is 32.3 Å². The van der Waals surface area contributed by atoms with E-state index in [4.69, 9.17) is 23.2 Å². The predicted molar refractivity (Wildman–Crippen MR) is 83.8 cm³/mol. The summed E-state index contributed by atoms with van der Waals surface area (Å²) in [5.41, 5.74) is 0.660. The van der Waals surface area contributed by atoms with E-state index in [9.17, 15) is 9.90 Å². The third-order valence-electron chi connectivity index (χ3n) is 3.26. The Balaban J connectivity index is 1.82. The Morgan fingerprint density at radius 2 is 2.18 bits per heavy atom. The van der Waals surface area contributed by atoms with Gasteiger partial charge in [-0.1, -0.05) is 29.3 Å². The van der Waals surface area contributed by atoms with Gasteiger partial charge in [-0.2, -0.15) is 5.10 Å². The first-order valence-corrected chi connectivity index (χ1v) is 7.49. The van der Waals surface area contributed by atoms with Crippen molar-refractivity contribution in [3.8, 4) is 0 Å². The molecular formula is C14H16Cl2N4O2. The van der Waals surface area contributed by atoms with Gasteiger partial charge in [-0.05, 0) is 31.0 Å². The van der Waals surface area contributed by atoms with Crippen molar-refractivity contribution in [2.75, 3.05) is 6.54 Å². The monoisotopic (exact) mass is 342 g/mol. The van der Waals surface area contributed by atoms with Crippen molar-refractivity contribution in [3.63, 3.8) is 0 Å². The summed E-state index contributed by atoms with van der Waals surface area (Å²) in [6.45, 7) is 2.05. The topological polar surface area (TPSA) is 80.0 Å². The Bertz CT molecular complexity index is 634. The number of rotatable bonds is 6. The summed E-state index contributed by atoms with van der Waals surface area (Å²) in [5, 5.41) is 17.6. The van der Waals surface area contributed by atoms with Crippen LogP contribution < -0.4 is 5.32 Å². The lowest BCUT2D eigenvalue weighted by molar-refractivity contribution is -0.124. The summed E-state index contributed by atoms with van der Waals surface area (Å²) < 4.78 is 1.46. The lowest BCUT2D eigenvalue weighted by Crippen LogP contribution is -2.32. The number of amides is 1. The first kappa shape index (κ1) is 16.7. The molecule has 0 spiro atoms. The fourth-order valence-electron chi connectivity index (χ4n) is 1.90. The van der Waals surface area contributed by atoms with Gasteiger partial charge in [0.1, 0.15) is 18.7 Å². The van der Waals surface area contributed by atoms with Crippen molar-refractivity contribution < 1.29 is 9.90 Å². The van der Waals surface area contributed by atoms with Crippen LogP contribution in [0.25, 0.3) is 0 Å². The molecule has 2 rings (SSSR count). The summed E-state index contributed by atoms with van der Waals surface area (Å²) in [6.07, 6.45) is 2.50. The third-order valence-corrected chi connectivity index (χ3v) is 4.00. The highest BCUT2D eigenvalue weighted by Gasteiger charge is 2.16. The second kappa shape index (κ2) is 7.58. The Morgan fingerprint density at radius 1 is 1.41 bits per heavy atom. The van der Waals surface area contributed by atoms with Crippen LogP contribution >= 0.6 is 23.2 Å². The number of hydrogen-bond donors (Lipinski definition) is 2. The summed E-state index contributed by atoms with van der Waals surface area (Å²) in [7, 11) is 0. The summed E-state index contributed by atoms with van der Waals surface area (Å²) in [5.74, 6) is -0.188. The number of carbonyl (C=O) groups excluding carboxylic acids is 1. The first-order valence-electron chi connectivity index (χ1n) is 6.74. The number of benzene rings is 1. The van der Waals surface area contributed by atoms with E-state index in [1.54, 1.807) is 25.1 Å². The van der Waals surface area contributed by atoms with Gasteiger partial charge in [0.05, 0.1) is 16.1 Å². The Morgan fingerprint density at radius 3 is 2.82 bits per heavy atom. The molecule has 2 atom stereocenters. The quantitative estimate of drug-likeness (QED) is 0.844. The van der Waals surface area contributed by atoms with Gasteiger partial charge < -0.3 is 10.4 Å². The summed E-state index contributed by atoms with van der Waals surface area (Å²) >= 11 is 11.7. The molecule has 1 aromatic heterocycles. The Labute approximate surface area is 138 Å². The van der Waals surface area contributed by atoms with E-state index in [2.05, 4.69) is 15.4 Å². The van der Waals surface area contributed by atoms with Gasteiger partial charge in [-0.15, -0.1) is 0 Å². The minimum absolute atomic E-state index is 0.188. The van der Waals surface area contributed by atoms with Gasteiger partial charge in [0.2, 0.25) is 5.91 Å². The van der Waals surface area contributed by atoms with Crippen molar-refractivity contribution in [1.82, 2.24) is 20.1 Å². The number of carbonyl (C=O) groups is 1. The molecule has 6 nitrogen and oxygen atoms in total. The lowest BCUT2D eigenvalue weighted by atomic mass is 10.1. The highest BCUT2D eigenvalue weighted by atomic mass is 35.5. The number of hydrogen-bond acceptors (Lipinski definition) is 4. The molecule has 2 N–H and O–H groups in total. The number of nitrogens with one attached hydrogen (secondary N) is 1. The molecule has 0 unspecified atom stereocenters. The van der Waals surface area contributed by atoms with E-state index in [1.807, 2.05) is 0 Å². The molecule has 0 bridgehead atoms. The lowest BCUT2D eigenvalue weighted by Gasteiger charge is -2.15. The predicted octanol–water partition coefficient (Wildman–Crippen LogP) is 2.39. The van der Waals surface area contributed by atoms with E-state index >= 15 is 0 Å². The van der Waals surface area contributed by atoms with Crippen LogP contribution in [0.2, 0.25) is 10.0 Å². The van der Waals surface area contributed by atoms with Crippen molar-refractivity contribution in [2.24, 2.45) is 0 Å². The van der Waals surface area contributed by atoms with Crippen LogP contribution in [0.4, 0.5) is 0 Å². The number of halogens is 2. The molecule has 118 valence electrons. The maximum atomic E-state index is 11.9. The zero-order valence-electron chi connectivity index (χ0n) is 11.9. The van der Waals surface area contributed by atoms with Gasteiger partial charge in [-0.25, -0.2) is 9.67 Å². The molecule has 0 fully saturated rings. The van der Waals surface area contributed by atoms with Crippen LogP contribution in [0, 0.1) is 0 Å². The van der Waals surface area contributed by atoms with Crippen LogP contribution in [0.3, 0.4) is 0 Å². The Kier molecular flexibility index (Phi) is 5.76. The van der Waals surface area contributed by atoms with Gasteiger partial charge >= 0.3 is 0 Å². The van der Waals surface area contributed by atoms with E-state index in [1.165, 1.54) is 17.3 Å². The number of nitrogens with zero attached hydrogens (tertiary/aromatic N) is 3. The second-order valence-corrected chi connectivity index (χ2v) is 5.63. The van der Waals surface area contributed by atoms with Crippen LogP contribution in [-0.2, 0) is 4.79 Å². The highest BCUT2D eigenvalue weighted by molar-refractivity contribution is 6.42. The van der Waals surface area contributed by atoms with Crippen molar-refractivity contribution in [2.45, 2.75) is 25.5 Å². The van der Waals surface area contributed by atoms with Gasteiger partial charge in [0.25, 0.3) is 0 Å². The van der Waals surface area contributed by atoms with Crippen molar-refractivity contribution in [1.29, 1.82) is 0 Å². The molecular weight excluding hydrogens is 327 g/mol. The van der Waals surface area contributed by atoms with E-state index in [0.717, 1.165) is 0 Å². The van der Waals surface area contributed by atoms with Crippen LogP contribution in [0.1, 0.15) is 31.1 Å². The average molecular weight is 343 g/mol. The highest BCUT2D eigenvalue weighted by Crippen LogP contribution is 2.26. The fourth-order valence-corrected chi connectivity index (χ4v) is 2.21. The van der Waals surface area contributed by atoms with E-state index in [0.29, 0.717) is 28.6 Å². The molecule has 0 radical (unpaired) electrons. The fraction of sp³-hybridized carbons (Fsp3) is 0.357. The molecule has 8 heteroatoms. The summed E-state index contributed by atoms with van der Waals surface area (Å²) in [6, 6.07) is 4.51. The molecule has 0 aliphatic carbocycles. The molecule has 1 aromatic carbocycles. The molecule has 0 saturated heterocycles. The average Bonchev–Trinajstić information content (AvgIpc) is 3.03. The van der Waals surface area contributed by atoms with Crippen LogP contribution in [0.15, 0.2) is 30.9 Å². The molecule has 1 amide bonds. The zero-order valence-corrected chi connectivity index (χ0v) is 13.4. The standard InChI is InChI=1S/C14H16Cl2N4O2/c1-9(20-8-17-7-19-20)14(22)18-5-4-13(21)10-2-3-11(15)12(16)6-10/h2-3,6-9,13,21H,4-5H2,1H3,(H,18,22)/t9-,13-/m0/s1. The molecule has 0 aliphatic rings. The SMILES string of the molecule is C[C@@H](C(=O)NCC[C@H](O)c1ccc(Cl)c(Cl)c1)n1cncn1. The third kappa shape index (κ3) is 4.19. The van der Waals surface area contributed by atoms with E-state index < -0.39 is 12.1 Å². The molecule has 0 saturated carbocycles. The molecule has 22 heavy (non-hydrogen) atoms. The maximum absolute atomic E-state index is 11.9. The largest absolute Gasteiger partial charge is 0.388 e. The van der Waals surface area contributed by atoms with E-state index in [-0.39, 0.29) is 5.91 Å². The zero-order chi connectivity index (χ0) is 16.1. The second-order valence-electron chi connectivity index (χ2n) is 4.82. The number of aromatic nitrogens is 3. The van der Waals surface area contributed by atoms with Crippen molar-refractivity contribution in [3.05, 3.63) is 46.5 Å². The van der Waals surface area contributed by atoms with Crippen LogP contribution in [0.5, 0.6) is 0 Å². The summed E-state index contributed by atoms with van der Waals surface area (Å²) in [4.78, 5) is 15.7. The normalized spacial score (nSPS) is 13.6. The van der Waals surface area contributed by atoms with Crippen molar-refractivity contribution >= 4 is 29.1 Å². The van der Waals surface area contributed by atoms with Gasteiger partial charge in [0, 0.05) is 6.54 Å². The molecule has 1 heterocycles. The number of aliphatic hydroxyl groups is 1. The van der Waals surface area contributed by atoms with Gasteiger partial charge in [0.15, 0.2) is 0 Å². The van der Waals surface area contributed by atoms with Gasteiger partial charge in [-0.3, -0.25) is 4.79 Å². The first-order chi connectivity index (χ1) is 10.5. The Hall–Kier alpha value is -1.63. The number of aliphatic hydroxyl groups excluding tert-OH is 1. The smallest absolute Gasteiger partial charge is 0.244 e.